The summed E-state index contributed by atoms with van der Waals surface area (Å²) < 4.78 is 5.35. The van der Waals surface area contributed by atoms with Crippen LogP contribution in [0.3, 0.4) is 0 Å². The molecule has 0 saturated heterocycles. The van der Waals surface area contributed by atoms with Crippen LogP contribution in [0.5, 0.6) is 5.88 Å². The Hall–Kier alpha value is -0.960. The van der Waals surface area contributed by atoms with Gasteiger partial charge in [0.25, 0.3) is 0 Å². The van der Waals surface area contributed by atoms with Crippen molar-refractivity contribution in [3.63, 3.8) is 0 Å². The highest BCUT2D eigenvalue weighted by Gasteiger charge is 2.06. The van der Waals surface area contributed by atoms with Crippen LogP contribution in [0, 0.1) is 5.92 Å². The van der Waals surface area contributed by atoms with E-state index in [9.17, 15) is 0 Å². The number of ether oxygens (including phenoxy) is 1. The first kappa shape index (κ1) is 14.1. The molecule has 4 heteroatoms. The van der Waals surface area contributed by atoms with Gasteiger partial charge in [0, 0.05) is 18.5 Å². The third-order valence-corrected chi connectivity index (χ3v) is 2.90. The summed E-state index contributed by atoms with van der Waals surface area (Å²) in [5.41, 5.74) is 0. The number of nitrogens with one attached hydrogen (secondary N) is 1. The molecule has 0 fully saturated rings. The number of aromatic nitrogens is 1. The van der Waals surface area contributed by atoms with Gasteiger partial charge in [-0.2, -0.15) is 4.98 Å². The van der Waals surface area contributed by atoms with Crippen LogP contribution in [0.1, 0.15) is 26.7 Å². The third kappa shape index (κ3) is 5.26. The first-order valence-corrected chi connectivity index (χ1v) is 6.73. The van der Waals surface area contributed by atoms with Crippen molar-refractivity contribution in [1.82, 2.24) is 4.98 Å². The summed E-state index contributed by atoms with van der Waals surface area (Å²) in [7, 11) is 0. The molecule has 1 rings (SSSR count). The van der Waals surface area contributed by atoms with E-state index < -0.39 is 0 Å². The zero-order valence-corrected chi connectivity index (χ0v) is 11.3. The summed E-state index contributed by atoms with van der Waals surface area (Å²) in [5.74, 6) is 2.85. The van der Waals surface area contributed by atoms with Gasteiger partial charge in [0.1, 0.15) is 5.82 Å². The SMILES string of the molecule is CCOc1cccc(NCC(CC)CCCl)n1. The van der Waals surface area contributed by atoms with Crippen LogP contribution in [-0.4, -0.2) is 24.0 Å². The number of nitrogens with zero attached hydrogens (tertiary/aromatic N) is 1. The summed E-state index contributed by atoms with van der Waals surface area (Å²) >= 11 is 5.76. The van der Waals surface area contributed by atoms with Crippen LogP contribution < -0.4 is 10.1 Å². The largest absolute Gasteiger partial charge is 0.478 e. The molecular formula is C13H21ClN2O. The fourth-order valence-corrected chi connectivity index (χ4v) is 1.90. The van der Waals surface area contributed by atoms with Crippen molar-refractivity contribution in [1.29, 1.82) is 0 Å². The Bertz CT molecular complexity index is 320. The summed E-state index contributed by atoms with van der Waals surface area (Å²) in [6, 6.07) is 5.77. The lowest BCUT2D eigenvalue weighted by atomic mass is 10.0. The van der Waals surface area contributed by atoms with Crippen LogP contribution in [-0.2, 0) is 0 Å². The van der Waals surface area contributed by atoms with E-state index in [1.165, 1.54) is 0 Å². The van der Waals surface area contributed by atoms with Crippen molar-refractivity contribution in [2.24, 2.45) is 5.92 Å². The molecule has 1 unspecified atom stereocenters. The molecule has 0 bridgehead atoms. The maximum Gasteiger partial charge on any atom is 0.215 e. The average molecular weight is 257 g/mol. The van der Waals surface area contributed by atoms with E-state index in [2.05, 4.69) is 17.2 Å². The normalized spacial score (nSPS) is 12.2. The molecule has 1 aromatic heterocycles. The molecule has 1 atom stereocenters. The van der Waals surface area contributed by atoms with Gasteiger partial charge in [-0.25, -0.2) is 0 Å². The zero-order valence-electron chi connectivity index (χ0n) is 10.6. The molecule has 1 N–H and O–H groups in total. The van der Waals surface area contributed by atoms with Gasteiger partial charge in [-0.3, -0.25) is 0 Å². The van der Waals surface area contributed by atoms with Crippen LogP contribution in [0.4, 0.5) is 5.82 Å². The van der Waals surface area contributed by atoms with Gasteiger partial charge in [0.2, 0.25) is 5.88 Å². The van der Waals surface area contributed by atoms with E-state index in [0.717, 1.165) is 25.2 Å². The molecule has 0 radical (unpaired) electrons. The number of alkyl halides is 1. The second kappa shape index (κ2) is 8.18. The molecule has 0 saturated carbocycles. The Morgan fingerprint density at radius 2 is 2.24 bits per heavy atom. The third-order valence-electron chi connectivity index (χ3n) is 2.68. The number of halogens is 1. The molecule has 3 nitrogen and oxygen atoms in total. The van der Waals surface area contributed by atoms with Gasteiger partial charge in [-0.15, -0.1) is 11.6 Å². The van der Waals surface area contributed by atoms with Crippen molar-refractivity contribution in [3.05, 3.63) is 18.2 Å². The fraction of sp³-hybridized carbons (Fsp3) is 0.615. The van der Waals surface area contributed by atoms with Crippen molar-refractivity contribution in [3.8, 4) is 5.88 Å². The maximum atomic E-state index is 5.76. The highest BCUT2D eigenvalue weighted by molar-refractivity contribution is 6.17. The Morgan fingerprint density at radius 1 is 1.41 bits per heavy atom. The molecule has 0 aromatic carbocycles. The van der Waals surface area contributed by atoms with Crippen LogP contribution in [0.15, 0.2) is 18.2 Å². The van der Waals surface area contributed by atoms with Gasteiger partial charge in [-0.1, -0.05) is 19.4 Å². The molecule has 17 heavy (non-hydrogen) atoms. The zero-order chi connectivity index (χ0) is 12.5. The van der Waals surface area contributed by atoms with Gasteiger partial charge >= 0.3 is 0 Å². The summed E-state index contributed by atoms with van der Waals surface area (Å²) in [4.78, 5) is 4.36. The van der Waals surface area contributed by atoms with Crippen molar-refractivity contribution < 1.29 is 4.74 Å². The van der Waals surface area contributed by atoms with E-state index >= 15 is 0 Å². The standard InChI is InChI=1S/C13H21ClN2O/c1-3-11(8-9-14)10-15-12-6-5-7-13(16-12)17-4-2/h5-7,11H,3-4,8-10H2,1-2H3,(H,15,16). The van der Waals surface area contributed by atoms with Crippen molar-refractivity contribution in [2.75, 3.05) is 24.3 Å². The number of hydrogen-bond donors (Lipinski definition) is 1. The minimum Gasteiger partial charge on any atom is -0.478 e. The Balaban J connectivity index is 2.47. The lowest BCUT2D eigenvalue weighted by Crippen LogP contribution is -2.15. The summed E-state index contributed by atoms with van der Waals surface area (Å²) in [6.07, 6.45) is 2.17. The smallest absolute Gasteiger partial charge is 0.215 e. The number of rotatable bonds is 8. The van der Waals surface area contributed by atoms with Crippen LogP contribution >= 0.6 is 11.6 Å². The predicted octanol–water partition coefficient (Wildman–Crippen LogP) is 3.55. The topological polar surface area (TPSA) is 34.1 Å². The van der Waals surface area contributed by atoms with E-state index in [4.69, 9.17) is 16.3 Å². The molecule has 0 aliphatic rings. The molecule has 0 aliphatic heterocycles. The minimum atomic E-state index is 0.602. The lowest BCUT2D eigenvalue weighted by molar-refractivity contribution is 0.327. The Kier molecular flexibility index (Phi) is 6.78. The molecule has 96 valence electrons. The average Bonchev–Trinajstić information content (AvgIpc) is 2.35. The van der Waals surface area contributed by atoms with E-state index in [1.54, 1.807) is 0 Å². The van der Waals surface area contributed by atoms with E-state index in [-0.39, 0.29) is 0 Å². The van der Waals surface area contributed by atoms with Crippen molar-refractivity contribution >= 4 is 17.4 Å². The van der Waals surface area contributed by atoms with E-state index in [0.29, 0.717) is 24.3 Å². The number of pyridine rings is 1. The molecule has 0 amide bonds. The Morgan fingerprint density at radius 3 is 2.88 bits per heavy atom. The van der Waals surface area contributed by atoms with Gasteiger partial charge in [0.15, 0.2) is 0 Å². The van der Waals surface area contributed by atoms with Crippen LogP contribution in [0.2, 0.25) is 0 Å². The summed E-state index contributed by atoms with van der Waals surface area (Å²) in [5, 5.41) is 3.33. The highest BCUT2D eigenvalue weighted by atomic mass is 35.5. The molecule has 0 aliphatic carbocycles. The molecular weight excluding hydrogens is 236 g/mol. The van der Waals surface area contributed by atoms with Gasteiger partial charge < -0.3 is 10.1 Å². The Labute approximate surface area is 109 Å². The van der Waals surface area contributed by atoms with Crippen molar-refractivity contribution in [2.45, 2.75) is 26.7 Å². The van der Waals surface area contributed by atoms with Gasteiger partial charge in [-0.05, 0) is 25.3 Å². The number of hydrogen-bond acceptors (Lipinski definition) is 3. The predicted molar refractivity (Wildman–Crippen MR) is 73.0 cm³/mol. The second-order valence-corrected chi connectivity index (χ2v) is 4.30. The first-order valence-electron chi connectivity index (χ1n) is 6.19. The number of anilines is 1. The molecule has 0 spiro atoms. The molecule has 1 heterocycles. The first-order chi connectivity index (χ1) is 8.30. The van der Waals surface area contributed by atoms with E-state index in [1.807, 2.05) is 25.1 Å². The van der Waals surface area contributed by atoms with Gasteiger partial charge in [0.05, 0.1) is 6.61 Å². The maximum absolute atomic E-state index is 5.76. The quantitative estimate of drug-likeness (QED) is 0.723. The fourth-order valence-electron chi connectivity index (χ4n) is 1.60. The second-order valence-electron chi connectivity index (χ2n) is 3.93. The minimum absolute atomic E-state index is 0.602. The molecule has 1 aromatic rings. The summed E-state index contributed by atoms with van der Waals surface area (Å²) in [6.45, 7) is 5.68. The monoisotopic (exact) mass is 256 g/mol. The highest BCUT2D eigenvalue weighted by Crippen LogP contribution is 2.14. The van der Waals surface area contributed by atoms with Crippen LogP contribution in [0.25, 0.3) is 0 Å². The lowest BCUT2D eigenvalue weighted by Gasteiger charge is -2.14.